The molecule has 0 radical (unpaired) electrons. The lowest BCUT2D eigenvalue weighted by atomic mass is 10.1. The van der Waals surface area contributed by atoms with Crippen LogP contribution in [0.3, 0.4) is 0 Å². The summed E-state index contributed by atoms with van der Waals surface area (Å²) in [6, 6.07) is 0.954. The lowest BCUT2D eigenvalue weighted by molar-refractivity contribution is -0.996. The second kappa shape index (κ2) is 6.37. The Bertz CT molecular complexity index is 676. The summed E-state index contributed by atoms with van der Waals surface area (Å²) >= 11 is 5.83. The molecule has 1 saturated heterocycles. The standard InChI is InChI=1S/C11H11N3O6S2/c12-8-10(16)7(22-11(8)21)2-4-1-5(13(17)18)3-6(9(4)15)14(19)20/h1-3,8,13-15,17,19H,12H2/b7-2+. The highest BCUT2D eigenvalue weighted by Gasteiger charge is 2.32. The zero-order valence-corrected chi connectivity index (χ0v) is 12.4. The summed E-state index contributed by atoms with van der Waals surface area (Å²) in [5.41, 5.74) is 4.55. The highest BCUT2D eigenvalue weighted by molar-refractivity contribution is 8.27. The number of thioether (sulfide) groups is 1. The maximum atomic E-state index is 11.9. The average Bonchev–Trinajstić information content (AvgIpc) is 2.68. The van der Waals surface area contributed by atoms with Gasteiger partial charge in [-0.1, -0.05) is 24.0 Å². The van der Waals surface area contributed by atoms with Crippen LogP contribution in [0, 0.1) is 10.4 Å². The molecule has 1 heterocycles. The predicted molar refractivity (Wildman–Crippen MR) is 80.8 cm³/mol. The van der Waals surface area contributed by atoms with Gasteiger partial charge < -0.3 is 21.3 Å². The monoisotopic (exact) mass is 345 g/mol. The average molecular weight is 345 g/mol. The number of carbonyl (C=O) groups is 1. The third-order valence-electron chi connectivity index (χ3n) is 2.89. The van der Waals surface area contributed by atoms with Crippen molar-refractivity contribution in [2.24, 2.45) is 5.73 Å². The van der Waals surface area contributed by atoms with Gasteiger partial charge in [-0.05, 0) is 6.08 Å². The number of hydrogen-bond donors (Lipinski definition) is 6. The lowest BCUT2D eigenvalue weighted by Gasteiger charge is -2.18. The third-order valence-corrected chi connectivity index (χ3v) is 4.39. The van der Waals surface area contributed by atoms with Crippen LogP contribution in [0.15, 0.2) is 17.0 Å². The number of aromatic hydroxyl groups is 1. The van der Waals surface area contributed by atoms with Gasteiger partial charge in [-0.25, -0.2) is 10.4 Å². The van der Waals surface area contributed by atoms with Crippen molar-refractivity contribution >= 4 is 51.4 Å². The molecular weight excluding hydrogens is 334 g/mol. The molecule has 0 bridgehead atoms. The van der Waals surface area contributed by atoms with Crippen molar-refractivity contribution in [2.45, 2.75) is 6.04 Å². The molecule has 3 atom stereocenters. The van der Waals surface area contributed by atoms with E-state index in [0.29, 0.717) is 0 Å². The molecule has 1 aliphatic heterocycles. The summed E-state index contributed by atoms with van der Waals surface area (Å²) in [6.45, 7) is 0. The largest absolute Gasteiger partial charge is 0.595 e. The summed E-state index contributed by atoms with van der Waals surface area (Å²) in [7, 11) is 0. The Morgan fingerprint density at radius 2 is 1.95 bits per heavy atom. The SMILES string of the molecule is NC1C(=O)/C(=C\c2cc([NH+]([O-])O)cc([NH+]([O-])O)c2O)SC1=S. The molecule has 2 rings (SSSR count). The van der Waals surface area contributed by atoms with E-state index in [2.05, 4.69) is 0 Å². The van der Waals surface area contributed by atoms with E-state index in [4.69, 9.17) is 28.4 Å². The minimum absolute atomic E-state index is 0.106. The Morgan fingerprint density at radius 1 is 1.32 bits per heavy atom. The Balaban J connectivity index is 2.55. The van der Waals surface area contributed by atoms with Gasteiger partial charge in [0.25, 0.3) is 0 Å². The quantitative estimate of drug-likeness (QED) is 0.126. The molecule has 22 heavy (non-hydrogen) atoms. The lowest BCUT2D eigenvalue weighted by Crippen LogP contribution is -3.00. The van der Waals surface area contributed by atoms with Gasteiger partial charge in [-0.3, -0.25) is 4.79 Å². The van der Waals surface area contributed by atoms with Crippen molar-refractivity contribution < 1.29 is 30.8 Å². The molecule has 3 unspecified atom stereocenters. The summed E-state index contributed by atoms with van der Waals surface area (Å²) < 4.78 is 0.253. The van der Waals surface area contributed by atoms with Crippen molar-refractivity contribution in [3.8, 4) is 5.75 Å². The van der Waals surface area contributed by atoms with Crippen molar-refractivity contribution in [2.75, 3.05) is 0 Å². The van der Waals surface area contributed by atoms with Crippen LogP contribution in [0.4, 0.5) is 11.4 Å². The molecule has 11 heteroatoms. The first kappa shape index (κ1) is 17.0. The third kappa shape index (κ3) is 3.17. The van der Waals surface area contributed by atoms with Gasteiger partial charge in [0.1, 0.15) is 6.04 Å². The summed E-state index contributed by atoms with van der Waals surface area (Å²) in [5, 5.41) is 47.2. The van der Waals surface area contributed by atoms with Crippen LogP contribution in [0.5, 0.6) is 5.75 Å². The van der Waals surface area contributed by atoms with E-state index < -0.39 is 33.7 Å². The number of quaternary nitrogens is 2. The van der Waals surface area contributed by atoms with E-state index >= 15 is 0 Å². The first-order chi connectivity index (χ1) is 10.2. The molecular formula is C11H11N3O6S2. The number of hydrogen-bond acceptors (Lipinski definition) is 9. The molecule has 0 amide bonds. The highest BCUT2D eigenvalue weighted by Crippen LogP contribution is 2.35. The fraction of sp³-hybridized carbons (Fsp3) is 0.0909. The second-order valence-corrected chi connectivity index (χ2v) is 6.13. The van der Waals surface area contributed by atoms with Crippen molar-refractivity contribution in [1.82, 2.24) is 0 Å². The number of nitrogens with two attached hydrogens (primary N) is 1. The Hall–Kier alpha value is -1.41. The Kier molecular flexibility index (Phi) is 4.91. The van der Waals surface area contributed by atoms with Gasteiger partial charge in [0, 0.05) is 11.6 Å². The number of phenolic OH excluding ortho intramolecular Hbond substituents is 1. The minimum Gasteiger partial charge on any atom is -0.595 e. The molecule has 0 aromatic heterocycles. The van der Waals surface area contributed by atoms with Crippen LogP contribution in [0.1, 0.15) is 5.56 Å². The fourth-order valence-corrected chi connectivity index (χ4v) is 3.02. The van der Waals surface area contributed by atoms with E-state index in [1.807, 2.05) is 0 Å². The summed E-state index contributed by atoms with van der Waals surface area (Å²) in [4.78, 5) is 12.0. The highest BCUT2D eigenvalue weighted by atomic mass is 32.2. The number of nitrogens with one attached hydrogen (secondary N) is 2. The van der Waals surface area contributed by atoms with Crippen LogP contribution < -0.4 is 16.2 Å². The number of benzene rings is 1. The van der Waals surface area contributed by atoms with E-state index in [0.717, 1.165) is 23.9 Å². The molecule has 7 N–H and O–H groups in total. The molecule has 1 aromatic rings. The number of thiocarbonyl (C=S) groups is 1. The normalized spacial score (nSPS) is 23.1. The number of Topliss-reactive ketones (excluding diaryl/α,β-unsaturated/α-hetero) is 1. The smallest absolute Gasteiger partial charge is 0.212 e. The summed E-state index contributed by atoms with van der Waals surface area (Å²) in [5.74, 6) is -1.10. The Labute approximate surface area is 133 Å². The maximum Gasteiger partial charge on any atom is 0.212 e. The molecule has 0 aliphatic carbocycles. The molecule has 9 nitrogen and oxygen atoms in total. The second-order valence-electron chi connectivity index (χ2n) is 4.34. The molecule has 1 aromatic carbocycles. The topological polar surface area (TPSA) is 159 Å². The predicted octanol–water partition coefficient (Wildman–Crippen LogP) is -1.49. The number of phenols is 1. The zero-order valence-electron chi connectivity index (χ0n) is 10.8. The van der Waals surface area contributed by atoms with Crippen molar-refractivity contribution in [1.29, 1.82) is 0 Å². The fourth-order valence-electron chi connectivity index (χ4n) is 1.78. The number of rotatable bonds is 3. The number of ketones is 1. The Morgan fingerprint density at radius 3 is 2.41 bits per heavy atom. The van der Waals surface area contributed by atoms with Gasteiger partial charge in [-0.2, -0.15) is 10.5 Å². The van der Waals surface area contributed by atoms with Crippen LogP contribution >= 0.6 is 24.0 Å². The first-order valence-corrected chi connectivity index (χ1v) is 7.01. The summed E-state index contributed by atoms with van der Waals surface area (Å²) in [6.07, 6.45) is 1.18. The molecule has 1 fully saturated rings. The maximum absolute atomic E-state index is 11.9. The molecule has 0 saturated carbocycles. The van der Waals surface area contributed by atoms with E-state index in [-0.39, 0.29) is 20.4 Å². The molecule has 0 spiro atoms. The van der Waals surface area contributed by atoms with Gasteiger partial charge in [-0.15, -0.1) is 0 Å². The number of carbonyl (C=O) groups excluding carboxylic acids is 1. The zero-order chi connectivity index (χ0) is 16.6. The van der Waals surface area contributed by atoms with Gasteiger partial charge in [0.15, 0.2) is 17.2 Å². The van der Waals surface area contributed by atoms with Gasteiger partial charge >= 0.3 is 0 Å². The van der Waals surface area contributed by atoms with Crippen LogP contribution in [-0.4, -0.2) is 31.5 Å². The molecule has 1 aliphatic rings. The molecule has 118 valence electrons. The van der Waals surface area contributed by atoms with Crippen LogP contribution in [0.25, 0.3) is 6.08 Å². The van der Waals surface area contributed by atoms with Gasteiger partial charge in [0.05, 0.1) is 15.2 Å². The van der Waals surface area contributed by atoms with E-state index in [1.54, 1.807) is 0 Å². The van der Waals surface area contributed by atoms with Gasteiger partial charge in [0.2, 0.25) is 5.69 Å². The van der Waals surface area contributed by atoms with Crippen molar-refractivity contribution in [3.63, 3.8) is 0 Å². The van der Waals surface area contributed by atoms with Crippen LogP contribution in [0.2, 0.25) is 0 Å². The van der Waals surface area contributed by atoms with E-state index in [9.17, 15) is 20.3 Å². The van der Waals surface area contributed by atoms with Crippen molar-refractivity contribution in [3.05, 3.63) is 33.0 Å². The minimum atomic E-state index is -1.49. The van der Waals surface area contributed by atoms with Crippen LogP contribution in [-0.2, 0) is 4.79 Å². The van der Waals surface area contributed by atoms with E-state index in [1.165, 1.54) is 6.08 Å². The first-order valence-electron chi connectivity index (χ1n) is 5.79.